The van der Waals surface area contributed by atoms with E-state index in [9.17, 15) is 5.11 Å². The summed E-state index contributed by atoms with van der Waals surface area (Å²) in [6, 6.07) is 24.2. The summed E-state index contributed by atoms with van der Waals surface area (Å²) in [5.41, 5.74) is 12.0. The summed E-state index contributed by atoms with van der Waals surface area (Å²) in [6.45, 7) is 3.05. The number of hydrogen-bond donors (Lipinski definition) is 2. The van der Waals surface area contributed by atoms with Crippen molar-refractivity contribution >= 4 is 23.2 Å². The number of nitrogens with two attached hydrogens (primary N) is 1. The first-order valence-corrected chi connectivity index (χ1v) is 13.0. The minimum atomic E-state index is -0.583. The maximum absolute atomic E-state index is 9.46. The molecule has 1 saturated heterocycles. The summed E-state index contributed by atoms with van der Waals surface area (Å²) < 4.78 is 14.9. The molecule has 3 N–H and O–H groups in total. The highest BCUT2D eigenvalue weighted by Gasteiger charge is 2.38. The van der Waals surface area contributed by atoms with Gasteiger partial charge in [0.15, 0.2) is 11.4 Å². The van der Waals surface area contributed by atoms with Crippen LogP contribution in [0.3, 0.4) is 0 Å². The zero-order chi connectivity index (χ0) is 25.9. The lowest BCUT2D eigenvalue weighted by Gasteiger charge is -2.41. The smallest absolute Gasteiger partial charge is 0.184 e. The molecule has 4 aromatic rings. The van der Waals surface area contributed by atoms with E-state index < -0.39 is 6.29 Å². The molecule has 0 bridgehead atoms. The van der Waals surface area contributed by atoms with Crippen LogP contribution in [0.2, 0.25) is 10.3 Å². The van der Waals surface area contributed by atoms with Crippen LogP contribution in [0, 0.1) is 5.92 Å². The molecule has 5 rings (SSSR count). The first-order chi connectivity index (χ1) is 18.0. The van der Waals surface area contributed by atoms with Crippen molar-refractivity contribution in [3.05, 3.63) is 112 Å². The first-order valence-electron chi connectivity index (χ1n) is 12.2. The second kappa shape index (κ2) is 11.4. The number of aromatic nitrogens is 2. The summed E-state index contributed by atoms with van der Waals surface area (Å²) in [5.74, 6) is 0.00386. The van der Waals surface area contributed by atoms with Crippen molar-refractivity contribution in [2.45, 2.75) is 45.1 Å². The first kappa shape index (κ1) is 25.9. The van der Waals surface area contributed by atoms with E-state index in [1.165, 1.54) is 0 Å². The number of ether oxygens (including phenoxy) is 2. The van der Waals surface area contributed by atoms with Crippen molar-refractivity contribution < 1.29 is 14.6 Å². The number of rotatable bonds is 7. The van der Waals surface area contributed by atoms with Crippen LogP contribution in [0.25, 0.3) is 11.1 Å². The highest BCUT2D eigenvalue weighted by atomic mass is 35.5. The van der Waals surface area contributed by atoms with Gasteiger partial charge in [-0.1, -0.05) is 103 Å². The SMILES string of the molecule is CC1C(Cn2cnc(Cl)c2Cl)OC(c2ccc(-c3ccccc3CN)cc2)OC1c1ccc(CO)cc1. The van der Waals surface area contributed by atoms with Gasteiger partial charge in [0.25, 0.3) is 0 Å². The molecule has 6 nitrogen and oxygen atoms in total. The van der Waals surface area contributed by atoms with Crippen molar-refractivity contribution in [2.24, 2.45) is 11.7 Å². The van der Waals surface area contributed by atoms with Gasteiger partial charge in [0.2, 0.25) is 0 Å². The van der Waals surface area contributed by atoms with E-state index in [1.807, 2.05) is 54.6 Å². The van der Waals surface area contributed by atoms with Gasteiger partial charge in [-0.25, -0.2) is 4.98 Å². The molecule has 192 valence electrons. The molecule has 0 radical (unpaired) electrons. The maximum atomic E-state index is 9.46. The molecule has 4 atom stereocenters. The van der Waals surface area contributed by atoms with E-state index >= 15 is 0 Å². The van der Waals surface area contributed by atoms with E-state index in [0.717, 1.165) is 33.4 Å². The van der Waals surface area contributed by atoms with Gasteiger partial charge in [-0.05, 0) is 27.8 Å². The monoisotopic (exact) mass is 537 g/mol. The minimum absolute atomic E-state index is 0.00386. The number of hydrogen-bond acceptors (Lipinski definition) is 5. The number of nitrogens with zero attached hydrogens (tertiary/aromatic N) is 2. The summed E-state index contributed by atoms with van der Waals surface area (Å²) in [4.78, 5) is 4.11. The third-order valence-corrected chi connectivity index (χ3v) is 7.73. The topological polar surface area (TPSA) is 82.5 Å². The molecule has 4 unspecified atom stereocenters. The van der Waals surface area contributed by atoms with Crippen molar-refractivity contribution in [1.29, 1.82) is 0 Å². The van der Waals surface area contributed by atoms with Crippen LogP contribution in [-0.2, 0) is 29.2 Å². The molecular formula is C29H29Cl2N3O3. The van der Waals surface area contributed by atoms with Gasteiger partial charge >= 0.3 is 0 Å². The normalized spacial score (nSPS) is 21.8. The fraction of sp³-hybridized carbons (Fsp3) is 0.276. The van der Waals surface area contributed by atoms with E-state index in [4.69, 9.17) is 38.4 Å². The Balaban J connectivity index is 1.45. The molecule has 0 spiro atoms. The van der Waals surface area contributed by atoms with Gasteiger partial charge in [0.1, 0.15) is 5.15 Å². The van der Waals surface area contributed by atoms with E-state index in [-0.39, 0.29) is 29.9 Å². The van der Waals surface area contributed by atoms with Gasteiger partial charge in [0, 0.05) is 18.0 Å². The van der Waals surface area contributed by atoms with Gasteiger partial charge < -0.3 is 24.9 Å². The summed E-state index contributed by atoms with van der Waals surface area (Å²) in [5, 5.41) is 10.1. The number of imidazole rings is 1. The predicted molar refractivity (Wildman–Crippen MR) is 145 cm³/mol. The lowest BCUT2D eigenvalue weighted by molar-refractivity contribution is -0.276. The fourth-order valence-electron chi connectivity index (χ4n) is 4.79. The van der Waals surface area contributed by atoms with Crippen molar-refractivity contribution in [2.75, 3.05) is 0 Å². The van der Waals surface area contributed by atoms with Crippen molar-refractivity contribution in [1.82, 2.24) is 9.55 Å². The Bertz CT molecular complexity index is 1340. The second-order valence-electron chi connectivity index (χ2n) is 9.28. The lowest BCUT2D eigenvalue weighted by atomic mass is 9.90. The van der Waals surface area contributed by atoms with Crippen LogP contribution in [0.5, 0.6) is 0 Å². The number of halogens is 2. The van der Waals surface area contributed by atoms with Gasteiger partial charge in [-0.15, -0.1) is 0 Å². The highest BCUT2D eigenvalue weighted by molar-refractivity contribution is 6.40. The van der Waals surface area contributed by atoms with Crippen LogP contribution < -0.4 is 5.73 Å². The quantitative estimate of drug-likeness (QED) is 0.289. The molecule has 2 heterocycles. The zero-order valence-corrected chi connectivity index (χ0v) is 21.9. The molecule has 1 fully saturated rings. The third kappa shape index (κ3) is 5.46. The third-order valence-electron chi connectivity index (χ3n) is 6.96. The second-order valence-corrected chi connectivity index (χ2v) is 10.00. The van der Waals surface area contributed by atoms with E-state index in [1.54, 1.807) is 10.9 Å². The molecule has 0 aliphatic carbocycles. The Labute approximate surface area is 226 Å². The molecule has 1 aromatic heterocycles. The molecule has 37 heavy (non-hydrogen) atoms. The Morgan fingerprint density at radius 3 is 2.30 bits per heavy atom. The Morgan fingerprint density at radius 2 is 1.65 bits per heavy atom. The average molecular weight is 538 g/mol. The fourth-order valence-corrected chi connectivity index (χ4v) is 5.11. The van der Waals surface area contributed by atoms with Gasteiger partial charge in [-0.3, -0.25) is 0 Å². The van der Waals surface area contributed by atoms with Crippen molar-refractivity contribution in [3.63, 3.8) is 0 Å². The van der Waals surface area contributed by atoms with Crippen LogP contribution >= 0.6 is 23.2 Å². The van der Waals surface area contributed by atoms with E-state index in [0.29, 0.717) is 18.2 Å². The summed E-state index contributed by atoms with van der Waals surface area (Å²) in [7, 11) is 0. The Morgan fingerprint density at radius 1 is 0.946 bits per heavy atom. The molecular weight excluding hydrogens is 509 g/mol. The van der Waals surface area contributed by atoms with Crippen LogP contribution in [0.15, 0.2) is 79.1 Å². The number of benzene rings is 3. The standard InChI is InChI=1S/C29H29Cl2N3O3/c1-18-25(15-34-17-33-27(30)28(34)31)36-29(37-26(18)21-8-6-19(16-35)7-9-21)22-12-10-20(11-13-22)24-5-3-2-4-23(24)14-32/h2-13,17-18,25-26,29,35H,14-16,32H2,1H3. The predicted octanol–water partition coefficient (Wildman–Crippen LogP) is 6.30. The van der Waals surface area contributed by atoms with Crippen LogP contribution in [0.1, 0.15) is 41.6 Å². The maximum Gasteiger partial charge on any atom is 0.184 e. The number of aliphatic hydroxyl groups is 1. The van der Waals surface area contributed by atoms with E-state index in [2.05, 4.69) is 30.1 Å². The largest absolute Gasteiger partial charge is 0.392 e. The van der Waals surface area contributed by atoms with Gasteiger partial charge in [0.05, 0.1) is 31.7 Å². The lowest BCUT2D eigenvalue weighted by Crippen LogP contribution is -2.39. The van der Waals surface area contributed by atoms with Gasteiger partial charge in [-0.2, -0.15) is 0 Å². The zero-order valence-electron chi connectivity index (χ0n) is 20.4. The minimum Gasteiger partial charge on any atom is -0.392 e. The van der Waals surface area contributed by atoms with Crippen LogP contribution in [0.4, 0.5) is 0 Å². The molecule has 1 aliphatic heterocycles. The Hall–Kier alpha value is -2.71. The van der Waals surface area contributed by atoms with Crippen molar-refractivity contribution in [3.8, 4) is 11.1 Å². The average Bonchev–Trinajstić information content (AvgIpc) is 3.26. The van der Waals surface area contributed by atoms with Crippen LogP contribution in [-0.4, -0.2) is 20.8 Å². The molecule has 3 aromatic carbocycles. The molecule has 0 amide bonds. The molecule has 8 heteroatoms. The highest BCUT2D eigenvalue weighted by Crippen LogP contribution is 2.42. The Kier molecular flexibility index (Phi) is 7.95. The molecule has 0 saturated carbocycles. The summed E-state index contributed by atoms with van der Waals surface area (Å²) >= 11 is 12.5. The summed E-state index contributed by atoms with van der Waals surface area (Å²) in [6.07, 6.45) is 0.591. The molecule has 1 aliphatic rings. The number of aliphatic hydroxyl groups excluding tert-OH is 1.